The van der Waals surface area contributed by atoms with E-state index >= 15 is 0 Å². The van der Waals surface area contributed by atoms with Crippen LogP contribution in [0.2, 0.25) is 0 Å². The van der Waals surface area contributed by atoms with Gasteiger partial charge in [-0.1, -0.05) is 24.3 Å². The molecule has 0 heterocycles. The van der Waals surface area contributed by atoms with Crippen LogP contribution in [0.4, 0.5) is 0 Å². The van der Waals surface area contributed by atoms with Gasteiger partial charge in [0.2, 0.25) is 0 Å². The summed E-state index contributed by atoms with van der Waals surface area (Å²) in [5.74, 6) is 0.226. The van der Waals surface area contributed by atoms with E-state index in [2.05, 4.69) is 18.2 Å². The van der Waals surface area contributed by atoms with Crippen molar-refractivity contribution in [3.63, 3.8) is 0 Å². The molecule has 1 unspecified atom stereocenters. The maximum atomic E-state index is 10.7. The lowest BCUT2D eigenvalue weighted by atomic mass is 10.0. The quantitative estimate of drug-likeness (QED) is 0.669. The standard InChI is InChI=1S/C12H14O2/c1-9(13)14-8-11-7-6-10-4-2-3-5-12(10)11/h2-5,11H,6-8H2,1H3. The van der Waals surface area contributed by atoms with E-state index in [0.717, 1.165) is 12.8 Å². The second-order valence-corrected chi connectivity index (χ2v) is 3.74. The summed E-state index contributed by atoms with van der Waals surface area (Å²) in [5, 5.41) is 0. The fourth-order valence-corrected chi connectivity index (χ4v) is 2.04. The van der Waals surface area contributed by atoms with Crippen molar-refractivity contribution in [2.24, 2.45) is 0 Å². The second-order valence-electron chi connectivity index (χ2n) is 3.74. The van der Waals surface area contributed by atoms with Gasteiger partial charge in [0, 0.05) is 12.8 Å². The van der Waals surface area contributed by atoms with Gasteiger partial charge in [-0.2, -0.15) is 0 Å². The zero-order valence-corrected chi connectivity index (χ0v) is 8.32. The molecule has 1 atom stereocenters. The number of fused-ring (bicyclic) bond motifs is 1. The SMILES string of the molecule is CC(=O)OCC1CCc2ccccc21. The van der Waals surface area contributed by atoms with Crippen LogP contribution in [0.1, 0.15) is 30.4 Å². The summed E-state index contributed by atoms with van der Waals surface area (Å²) in [7, 11) is 0. The highest BCUT2D eigenvalue weighted by Crippen LogP contribution is 2.32. The molecule has 1 aliphatic carbocycles. The molecule has 1 aromatic rings. The van der Waals surface area contributed by atoms with E-state index < -0.39 is 0 Å². The highest BCUT2D eigenvalue weighted by atomic mass is 16.5. The van der Waals surface area contributed by atoms with E-state index in [0.29, 0.717) is 12.5 Å². The van der Waals surface area contributed by atoms with Crippen LogP contribution < -0.4 is 0 Å². The molecule has 1 aliphatic rings. The average molecular weight is 190 g/mol. The van der Waals surface area contributed by atoms with Crippen LogP contribution in [0.25, 0.3) is 0 Å². The van der Waals surface area contributed by atoms with Crippen LogP contribution in [-0.2, 0) is 16.0 Å². The Bertz CT molecular complexity index is 344. The third-order valence-electron chi connectivity index (χ3n) is 2.74. The van der Waals surface area contributed by atoms with Crippen molar-refractivity contribution in [2.75, 3.05) is 6.61 Å². The number of aryl methyl sites for hydroxylation is 1. The lowest BCUT2D eigenvalue weighted by Crippen LogP contribution is -2.08. The van der Waals surface area contributed by atoms with Gasteiger partial charge in [-0.15, -0.1) is 0 Å². The Hall–Kier alpha value is -1.31. The minimum Gasteiger partial charge on any atom is -0.465 e. The van der Waals surface area contributed by atoms with E-state index in [1.54, 1.807) is 0 Å². The van der Waals surface area contributed by atoms with E-state index in [9.17, 15) is 4.79 Å². The maximum absolute atomic E-state index is 10.7. The van der Waals surface area contributed by atoms with Crippen molar-refractivity contribution in [1.29, 1.82) is 0 Å². The number of esters is 1. The highest BCUT2D eigenvalue weighted by molar-refractivity contribution is 5.66. The fraction of sp³-hybridized carbons (Fsp3) is 0.417. The highest BCUT2D eigenvalue weighted by Gasteiger charge is 2.22. The molecule has 0 radical (unpaired) electrons. The normalized spacial score (nSPS) is 19.1. The molecule has 74 valence electrons. The third-order valence-corrected chi connectivity index (χ3v) is 2.74. The number of rotatable bonds is 2. The molecule has 0 fully saturated rings. The van der Waals surface area contributed by atoms with Crippen molar-refractivity contribution in [3.8, 4) is 0 Å². The number of hydrogen-bond donors (Lipinski definition) is 0. The van der Waals surface area contributed by atoms with Crippen LogP contribution in [0, 0.1) is 0 Å². The summed E-state index contributed by atoms with van der Waals surface area (Å²) in [4.78, 5) is 10.7. The van der Waals surface area contributed by atoms with Crippen LogP contribution in [-0.4, -0.2) is 12.6 Å². The first-order valence-corrected chi connectivity index (χ1v) is 4.98. The average Bonchev–Trinajstić information content (AvgIpc) is 2.58. The Balaban J connectivity index is 2.07. The Kier molecular flexibility index (Phi) is 2.53. The molecule has 0 aromatic heterocycles. The predicted octanol–water partition coefficient (Wildman–Crippen LogP) is 2.28. The zero-order chi connectivity index (χ0) is 9.97. The largest absolute Gasteiger partial charge is 0.465 e. The Morgan fingerprint density at radius 2 is 2.29 bits per heavy atom. The van der Waals surface area contributed by atoms with E-state index in [1.807, 2.05) is 6.07 Å². The zero-order valence-electron chi connectivity index (χ0n) is 8.32. The number of hydrogen-bond acceptors (Lipinski definition) is 2. The molecular weight excluding hydrogens is 176 g/mol. The van der Waals surface area contributed by atoms with Crippen molar-refractivity contribution >= 4 is 5.97 Å². The van der Waals surface area contributed by atoms with Gasteiger partial charge >= 0.3 is 5.97 Å². The molecule has 0 N–H and O–H groups in total. The first-order valence-electron chi connectivity index (χ1n) is 4.98. The van der Waals surface area contributed by atoms with Crippen LogP contribution in [0.3, 0.4) is 0 Å². The minimum atomic E-state index is -0.186. The van der Waals surface area contributed by atoms with Gasteiger partial charge < -0.3 is 4.74 Å². The maximum Gasteiger partial charge on any atom is 0.302 e. The van der Waals surface area contributed by atoms with Crippen molar-refractivity contribution < 1.29 is 9.53 Å². The molecule has 0 saturated heterocycles. The Morgan fingerprint density at radius 3 is 3.07 bits per heavy atom. The van der Waals surface area contributed by atoms with Gasteiger partial charge in [0.25, 0.3) is 0 Å². The van der Waals surface area contributed by atoms with Gasteiger partial charge in [-0.3, -0.25) is 4.79 Å². The Labute approximate surface area is 83.9 Å². The van der Waals surface area contributed by atoms with Crippen molar-refractivity contribution in [1.82, 2.24) is 0 Å². The molecule has 2 heteroatoms. The number of benzene rings is 1. The molecular formula is C12H14O2. The molecule has 1 aromatic carbocycles. The van der Waals surface area contributed by atoms with E-state index in [-0.39, 0.29) is 5.97 Å². The van der Waals surface area contributed by atoms with Gasteiger partial charge in [-0.25, -0.2) is 0 Å². The fourth-order valence-electron chi connectivity index (χ4n) is 2.04. The van der Waals surface area contributed by atoms with Gasteiger partial charge in [0.05, 0.1) is 6.61 Å². The molecule has 2 nitrogen and oxygen atoms in total. The van der Waals surface area contributed by atoms with Gasteiger partial charge in [0.15, 0.2) is 0 Å². The van der Waals surface area contributed by atoms with Crippen LogP contribution in [0.5, 0.6) is 0 Å². The molecule has 0 saturated carbocycles. The van der Waals surface area contributed by atoms with E-state index in [4.69, 9.17) is 4.74 Å². The Morgan fingerprint density at radius 1 is 1.50 bits per heavy atom. The van der Waals surface area contributed by atoms with Crippen LogP contribution in [0.15, 0.2) is 24.3 Å². The van der Waals surface area contributed by atoms with Crippen LogP contribution >= 0.6 is 0 Å². The first-order chi connectivity index (χ1) is 6.77. The predicted molar refractivity (Wildman–Crippen MR) is 54.1 cm³/mol. The molecule has 0 aliphatic heterocycles. The smallest absolute Gasteiger partial charge is 0.302 e. The molecule has 0 spiro atoms. The monoisotopic (exact) mass is 190 g/mol. The first kappa shape index (κ1) is 9.25. The summed E-state index contributed by atoms with van der Waals surface area (Å²) >= 11 is 0. The molecule has 2 rings (SSSR count). The minimum absolute atomic E-state index is 0.186. The molecule has 14 heavy (non-hydrogen) atoms. The topological polar surface area (TPSA) is 26.3 Å². The lowest BCUT2D eigenvalue weighted by Gasteiger charge is -2.10. The molecule has 0 bridgehead atoms. The summed E-state index contributed by atoms with van der Waals surface area (Å²) in [6.45, 7) is 1.99. The van der Waals surface area contributed by atoms with Gasteiger partial charge in [-0.05, 0) is 24.0 Å². The number of carbonyl (C=O) groups is 1. The van der Waals surface area contributed by atoms with Crippen molar-refractivity contribution in [3.05, 3.63) is 35.4 Å². The van der Waals surface area contributed by atoms with Crippen molar-refractivity contribution in [2.45, 2.75) is 25.7 Å². The summed E-state index contributed by atoms with van der Waals surface area (Å²) in [6.07, 6.45) is 2.22. The summed E-state index contributed by atoms with van der Waals surface area (Å²) < 4.78 is 5.04. The lowest BCUT2D eigenvalue weighted by molar-refractivity contribution is -0.141. The second kappa shape index (κ2) is 3.82. The number of carbonyl (C=O) groups excluding carboxylic acids is 1. The number of ether oxygens (including phenoxy) is 1. The third kappa shape index (κ3) is 1.79. The van der Waals surface area contributed by atoms with E-state index in [1.165, 1.54) is 18.1 Å². The summed E-state index contributed by atoms with van der Waals surface area (Å²) in [5.41, 5.74) is 2.76. The summed E-state index contributed by atoms with van der Waals surface area (Å²) in [6, 6.07) is 8.40. The van der Waals surface area contributed by atoms with Gasteiger partial charge in [0.1, 0.15) is 0 Å². The molecule has 0 amide bonds.